The Hall–Kier alpha value is -2.57. The molecule has 0 radical (unpaired) electrons. The lowest BCUT2D eigenvalue weighted by atomic mass is 10.2. The number of carbonyl (C=O) groups is 1. The normalized spacial score (nSPS) is 10.3. The van der Waals surface area contributed by atoms with Gasteiger partial charge in [0, 0.05) is 18.9 Å². The largest absolute Gasteiger partial charge is 0.497 e. The van der Waals surface area contributed by atoms with Crippen molar-refractivity contribution < 1.29 is 23.9 Å². The van der Waals surface area contributed by atoms with Crippen LogP contribution in [0.3, 0.4) is 0 Å². The minimum atomic E-state index is -0.837. The minimum Gasteiger partial charge on any atom is -0.497 e. The summed E-state index contributed by atoms with van der Waals surface area (Å²) >= 11 is 0. The molecule has 0 aliphatic carbocycles. The van der Waals surface area contributed by atoms with Crippen molar-refractivity contribution in [2.45, 2.75) is 25.9 Å². The number of carboxylic acid groups (broad SMARTS) is 1. The highest BCUT2D eigenvalue weighted by Gasteiger charge is 2.08. The molecule has 7 heteroatoms. The van der Waals surface area contributed by atoms with E-state index >= 15 is 0 Å². The molecule has 0 unspecified atom stereocenters. The van der Waals surface area contributed by atoms with Crippen LogP contribution in [0.25, 0.3) is 0 Å². The molecule has 0 saturated heterocycles. The van der Waals surface area contributed by atoms with Gasteiger partial charge in [-0.3, -0.25) is 4.79 Å². The van der Waals surface area contributed by atoms with Gasteiger partial charge in [0.2, 0.25) is 11.7 Å². The molecule has 1 N–H and O–H groups in total. The molecular formula is C14H16N2O5. The highest BCUT2D eigenvalue weighted by atomic mass is 16.5. The van der Waals surface area contributed by atoms with Crippen molar-refractivity contribution in [3.63, 3.8) is 0 Å². The first kappa shape index (κ1) is 14.8. The number of carboxylic acids is 1. The van der Waals surface area contributed by atoms with E-state index in [9.17, 15) is 4.79 Å². The predicted molar refractivity (Wildman–Crippen MR) is 72.2 cm³/mol. The minimum absolute atomic E-state index is 0.0814. The second kappa shape index (κ2) is 7.28. The smallest absolute Gasteiger partial charge is 0.303 e. The Labute approximate surface area is 121 Å². The lowest BCUT2D eigenvalue weighted by Gasteiger charge is -2.05. The number of aliphatic carboxylic acids is 1. The number of nitrogens with zero attached hydrogens (tertiary/aromatic N) is 2. The Bertz CT molecular complexity index is 597. The molecule has 0 bridgehead atoms. The van der Waals surface area contributed by atoms with Gasteiger partial charge in [-0.25, -0.2) is 0 Å². The van der Waals surface area contributed by atoms with E-state index < -0.39 is 5.97 Å². The summed E-state index contributed by atoms with van der Waals surface area (Å²) < 4.78 is 15.6. The van der Waals surface area contributed by atoms with Crippen molar-refractivity contribution in [3.05, 3.63) is 36.0 Å². The summed E-state index contributed by atoms with van der Waals surface area (Å²) in [5.41, 5.74) is 0. The van der Waals surface area contributed by atoms with Crippen LogP contribution in [0, 0.1) is 0 Å². The molecule has 2 aromatic rings. The third-order valence-corrected chi connectivity index (χ3v) is 2.70. The van der Waals surface area contributed by atoms with Crippen LogP contribution < -0.4 is 9.47 Å². The van der Waals surface area contributed by atoms with Crippen molar-refractivity contribution in [3.8, 4) is 11.5 Å². The number of aryl methyl sites for hydroxylation is 1. The van der Waals surface area contributed by atoms with Gasteiger partial charge in [-0.1, -0.05) is 11.2 Å². The molecular weight excluding hydrogens is 276 g/mol. The third-order valence-electron chi connectivity index (χ3n) is 2.70. The molecule has 7 nitrogen and oxygen atoms in total. The molecule has 1 aromatic heterocycles. The standard InChI is InChI=1S/C14H16N2O5/c1-19-10-4-2-5-11(8-10)20-9-12-15-13(21-16-12)6-3-7-14(17)18/h2,4-5,8H,3,6-7,9H2,1H3,(H,17,18). The van der Waals surface area contributed by atoms with Crippen LogP contribution in [0.4, 0.5) is 0 Å². The van der Waals surface area contributed by atoms with Gasteiger partial charge in [-0.15, -0.1) is 0 Å². The molecule has 1 aromatic carbocycles. The lowest BCUT2D eigenvalue weighted by molar-refractivity contribution is -0.137. The fourth-order valence-electron chi connectivity index (χ4n) is 1.68. The van der Waals surface area contributed by atoms with Crippen LogP contribution >= 0.6 is 0 Å². The molecule has 0 saturated carbocycles. The van der Waals surface area contributed by atoms with E-state index in [2.05, 4.69) is 10.1 Å². The summed E-state index contributed by atoms with van der Waals surface area (Å²) in [6.07, 6.45) is 0.990. The second-order valence-electron chi connectivity index (χ2n) is 4.32. The molecule has 0 atom stereocenters. The first-order chi connectivity index (χ1) is 10.2. The van der Waals surface area contributed by atoms with E-state index in [-0.39, 0.29) is 13.0 Å². The maximum Gasteiger partial charge on any atom is 0.303 e. The zero-order valence-corrected chi connectivity index (χ0v) is 11.6. The summed E-state index contributed by atoms with van der Waals surface area (Å²) in [7, 11) is 1.59. The van der Waals surface area contributed by atoms with Crippen molar-refractivity contribution in [2.24, 2.45) is 0 Å². The highest BCUT2D eigenvalue weighted by Crippen LogP contribution is 2.19. The van der Waals surface area contributed by atoms with Crippen LogP contribution in [0.1, 0.15) is 24.6 Å². The van der Waals surface area contributed by atoms with Gasteiger partial charge in [-0.2, -0.15) is 4.98 Å². The van der Waals surface area contributed by atoms with Crippen molar-refractivity contribution in [1.82, 2.24) is 10.1 Å². The predicted octanol–water partition coefficient (Wildman–Crippen LogP) is 2.06. The first-order valence-electron chi connectivity index (χ1n) is 6.47. The van der Waals surface area contributed by atoms with E-state index in [1.807, 2.05) is 12.1 Å². The first-order valence-corrected chi connectivity index (χ1v) is 6.47. The van der Waals surface area contributed by atoms with Crippen LogP contribution in [0.15, 0.2) is 28.8 Å². The van der Waals surface area contributed by atoms with Crippen LogP contribution in [0.2, 0.25) is 0 Å². The van der Waals surface area contributed by atoms with E-state index in [1.54, 1.807) is 19.2 Å². The molecule has 0 aliphatic rings. The fraction of sp³-hybridized carbons (Fsp3) is 0.357. The van der Waals surface area contributed by atoms with E-state index in [1.165, 1.54) is 0 Å². The zero-order chi connectivity index (χ0) is 15.1. The fourth-order valence-corrected chi connectivity index (χ4v) is 1.68. The topological polar surface area (TPSA) is 94.7 Å². The zero-order valence-electron chi connectivity index (χ0n) is 11.6. The number of aromatic nitrogens is 2. The summed E-state index contributed by atoms with van der Waals surface area (Å²) in [6, 6.07) is 7.20. The van der Waals surface area contributed by atoms with Gasteiger partial charge in [0.1, 0.15) is 11.5 Å². The van der Waals surface area contributed by atoms with Crippen LogP contribution in [-0.4, -0.2) is 28.3 Å². The molecule has 112 valence electrons. The van der Waals surface area contributed by atoms with Crippen molar-refractivity contribution >= 4 is 5.97 Å². The monoisotopic (exact) mass is 292 g/mol. The molecule has 0 aliphatic heterocycles. The second-order valence-corrected chi connectivity index (χ2v) is 4.32. The Kier molecular flexibility index (Phi) is 5.14. The Balaban J connectivity index is 1.83. The number of hydrogen-bond acceptors (Lipinski definition) is 6. The number of hydrogen-bond donors (Lipinski definition) is 1. The lowest BCUT2D eigenvalue weighted by Crippen LogP contribution is -1.99. The third kappa shape index (κ3) is 4.79. The summed E-state index contributed by atoms with van der Waals surface area (Å²) in [4.78, 5) is 14.5. The van der Waals surface area contributed by atoms with Gasteiger partial charge >= 0.3 is 5.97 Å². The number of rotatable bonds is 8. The van der Waals surface area contributed by atoms with Gasteiger partial charge in [0.05, 0.1) is 7.11 Å². The molecule has 2 rings (SSSR count). The molecule has 0 amide bonds. The number of methoxy groups -OCH3 is 1. The molecule has 1 heterocycles. The Morgan fingerprint density at radius 1 is 1.38 bits per heavy atom. The Morgan fingerprint density at radius 2 is 2.19 bits per heavy atom. The maximum atomic E-state index is 10.4. The highest BCUT2D eigenvalue weighted by molar-refractivity contribution is 5.66. The number of benzene rings is 1. The van der Waals surface area contributed by atoms with Gasteiger partial charge in [0.25, 0.3) is 0 Å². The van der Waals surface area contributed by atoms with E-state index in [0.29, 0.717) is 36.1 Å². The average Bonchev–Trinajstić information content (AvgIpc) is 2.93. The van der Waals surface area contributed by atoms with Crippen molar-refractivity contribution in [1.29, 1.82) is 0 Å². The summed E-state index contributed by atoms with van der Waals surface area (Å²) in [5.74, 6) is 1.35. The molecule has 21 heavy (non-hydrogen) atoms. The van der Waals surface area contributed by atoms with Gasteiger partial charge in [0.15, 0.2) is 6.61 Å². The van der Waals surface area contributed by atoms with Crippen LogP contribution in [-0.2, 0) is 17.8 Å². The summed E-state index contributed by atoms with van der Waals surface area (Å²) in [5, 5.41) is 12.3. The van der Waals surface area contributed by atoms with Crippen molar-refractivity contribution in [2.75, 3.05) is 7.11 Å². The van der Waals surface area contributed by atoms with E-state index in [0.717, 1.165) is 0 Å². The average molecular weight is 292 g/mol. The van der Waals surface area contributed by atoms with E-state index in [4.69, 9.17) is 19.1 Å². The SMILES string of the molecule is COc1cccc(OCc2noc(CCCC(=O)O)n2)c1. The quantitative estimate of drug-likeness (QED) is 0.795. The van der Waals surface area contributed by atoms with Crippen LogP contribution in [0.5, 0.6) is 11.5 Å². The number of ether oxygens (including phenoxy) is 2. The molecule has 0 spiro atoms. The maximum absolute atomic E-state index is 10.4. The molecule has 0 fully saturated rings. The van der Waals surface area contributed by atoms with Gasteiger partial charge < -0.3 is 19.1 Å². The van der Waals surface area contributed by atoms with Gasteiger partial charge in [-0.05, 0) is 18.6 Å². The Morgan fingerprint density at radius 3 is 2.95 bits per heavy atom. The summed E-state index contributed by atoms with van der Waals surface area (Å²) in [6.45, 7) is 0.176.